The van der Waals surface area contributed by atoms with Crippen LogP contribution in [0.5, 0.6) is 0 Å². The fourth-order valence-electron chi connectivity index (χ4n) is 2.08. The van der Waals surface area contributed by atoms with E-state index in [9.17, 15) is 17.6 Å². The van der Waals surface area contributed by atoms with E-state index in [4.69, 9.17) is 0 Å². The van der Waals surface area contributed by atoms with Gasteiger partial charge in [-0.2, -0.15) is 0 Å². The van der Waals surface area contributed by atoms with Crippen molar-refractivity contribution in [2.45, 2.75) is 24.5 Å². The molecule has 5 heteroatoms. The van der Waals surface area contributed by atoms with Gasteiger partial charge in [0.05, 0.1) is 5.75 Å². The molecule has 92 valence electrons. The Labute approximate surface area is 99.6 Å². The van der Waals surface area contributed by atoms with Crippen LogP contribution in [0.1, 0.15) is 29.6 Å². The normalized spacial score (nSPS) is 23.2. The number of sulfone groups is 1. The van der Waals surface area contributed by atoms with Gasteiger partial charge < -0.3 is 0 Å². The molecule has 3 nitrogen and oxygen atoms in total. The maximum absolute atomic E-state index is 13.0. The zero-order valence-corrected chi connectivity index (χ0v) is 10.0. The van der Waals surface area contributed by atoms with Crippen molar-refractivity contribution in [1.82, 2.24) is 0 Å². The zero-order valence-electron chi connectivity index (χ0n) is 9.23. The van der Waals surface area contributed by atoms with E-state index in [1.54, 1.807) is 0 Å². The number of benzene rings is 1. The van der Waals surface area contributed by atoms with E-state index in [1.165, 1.54) is 18.2 Å². The van der Waals surface area contributed by atoms with Crippen molar-refractivity contribution in [3.05, 3.63) is 35.6 Å². The van der Waals surface area contributed by atoms with E-state index in [1.807, 2.05) is 0 Å². The minimum atomic E-state index is -3.36. The summed E-state index contributed by atoms with van der Waals surface area (Å²) in [5, 5.41) is -0.988. The summed E-state index contributed by atoms with van der Waals surface area (Å²) in [5.74, 6) is -0.952. The summed E-state index contributed by atoms with van der Waals surface area (Å²) in [6.45, 7) is 0. The molecule has 0 bridgehead atoms. The van der Waals surface area contributed by atoms with Crippen LogP contribution >= 0.6 is 0 Å². The third-order valence-electron chi connectivity index (χ3n) is 2.98. The first kappa shape index (κ1) is 12.2. The highest BCUT2D eigenvalue weighted by molar-refractivity contribution is 7.92. The van der Waals surface area contributed by atoms with Crippen molar-refractivity contribution in [2.24, 2.45) is 0 Å². The highest BCUT2D eigenvalue weighted by atomic mass is 32.2. The SMILES string of the molecule is O=C(c1cccc(F)c1)C1CCCCS1(=O)=O. The van der Waals surface area contributed by atoms with Crippen LogP contribution in [0.3, 0.4) is 0 Å². The Hall–Kier alpha value is -1.23. The van der Waals surface area contributed by atoms with Crippen molar-refractivity contribution in [3.63, 3.8) is 0 Å². The Morgan fingerprint density at radius 3 is 2.71 bits per heavy atom. The molecule has 2 rings (SSSR count). The summed E-state index contributed by atoms with van der Waals surface area (Å²) in [7, 11) is -3.36. The first-order valence-electron chi connectivity index (χ1n) is 5.52. The Balaban J connectivity index is 2.31. The second-order valence-electron chi connectivity index (χ2n) is 4.23. The third-order valence-corrected chi connectivity index (χ3v) is 5.15. The molecule has 1 fully saturated rings. The second-order valence-corrected chi connectivity index (χ2v) is 6.53. The molecule has 1 atom stereocenters. The highest BCUT2D eigenvalue weighted by Crippen LogP contribution is 2.23. The van der Waals surface area contributed by atoms with Gasteiger partial charge in [0.15, 0.2) is 15.6 Å². The van der Waals surface area contributed by atoms with Crippen LogP contribution in [0.2, 0.25) is 0 Å². The molecule has 17 heavy (non-hydrogen) atoms. The lowest BCUT2D eigenvalue weighted by Gasteiger charge is -2.20. The Kier molecular flexibility index (Phi) is 3.28. The van der Waals surface area contributed by atoms with Gasteiger partial charge in [0.2, 0.25) is 0 Å². The van der Waals surface area contributed by atoms with Crippen molar-refractivity contribution in [1.29, 1.82) is 0 Å². The fourth-order valence-corrected chi connectivity index (χ4v) is 3.96. The van der Waals surface area contributed by atoms with Crippen LogP contribution in [-0.2, 0) is 9.84 Å². The van der Waals surface area contributed by atoms with Crippen molar-refractivity contribution in [2.75, 3.05) is 5.75 Å². The number of halogens is 1. The average molecular weight is 256 g/mol. The fraction of sp³-hybridized carbons (Fsp3) is 0.417. The predicted molar refractivity (Wildman–Crippen MR) is 62.2 cm³/mol. The van der Waals surface area contributed by atoms with E-state index in [0.29, 0.717) is 12.8 Å². The van der Waals surface area contributed by atoms with Crippen molar-refractivity contribution in [3.8, 4) is 0 Å². The number of hydrogen-bond donors (Lipinski definition) is 0. The zero-order chi connectivity index (χ0) is 12.5. The average Bonchev–Trinajstić information content (AvgIpc) is 2.27. The Bertz CT molecular complexity index is 536. The maximum atomic E-state index is 13.0. The summed E-state index contributed by atoms with van der Waals surface area (Å²) in [4.78, 5) is 12.0. The standard InChI is InChI=1S/C12H13FO3S/c13-10-5-3-4-9(8-10)12(14)11-6-1-2-7-17(11,15)16/h3-5,8,11H,1-2,6-7H2. The number of carbonyl (C=O) groups is 1. The van der Waals surface area contributed by atoms with Gasteiger partial charge in [0.25, 0.3) is 0 Å². The molecule has 0 spiro atoms. The lowest BCUT2D eigenvalue weighted by atomic mass is 10.0. The number of Topliss-reactive ketones (excluding diaryl/α,β-unsaturated/α-hetero) is 1. The molecule has 0 aliphatic carbocycles. The van der Waals surface area contributed by atoms with Gasteiger partial charge in [0, 0.05) is 5.56 Å². The Morgan fingerprint density at radius 1 is 1.29 bits per heavy atom. The largest absolute Gasteiger partial charge is 0.293 e. The Morgan fingerprint density at radius 2 is 2.06 bits per heavy atom. The number of carbonyl (C=O) groups excluding carboxylic acids is 1. The minimum absolute atomic E-state index is 0.0543. The first-order chi connectivity index (χ1) is 8.00. The molecule has 1 unspecified atom stereocenters. The van der Waals surface area contributed by atoms with Crippen molar-refractivity contribution < 1.29 is 17.6 Å². The molecule has 1 heterocycles. The number of rotatable bonds is 2. The minimum Gasteiger partial charge on any atom is -0.293 e. The van der Waals surface area contributed by atoms with E-state index < -0.39 is 26.7 Å². The molecule has 1 saturated heterocycles. The van der Waals surface area contributed by atoms with Crippen LogP contribution in [0.15, 0.2) is 24.3 Å². The quantitative estimate of drug-likeness (QED) is 0.760. The lowest BCUT2D eigenvalue weighted by molar-refractivity contribution is 0.0981. The molecule has 0 radical (unpaired) electrons. The van der Waals surface area contributed by atoms with Gasteiger partial charge in [-0.05, 0) is 25.0 Å². The molecule has 0 saturated carbocycles. The summed E-state index contributed by atoms with van der Waals surface area (Å²) in [5.41, 5.74) is 0.139. The highest BCUT2D eigenvalue weighted by Gasteiger charge is 2.35. The van der Waals surface area contributed by atoms with Crippen LogP contribution in [-0.4, -0.2) is 25.2 Å². The van der Waals surface area contributed by atoms with Gasteiger partial charge >= 0.3 is 0 Å². The predicted octanol–water partition coefficient (Wildman–Crippen LogP) is 1.98. The summed E-state index contributed by atoms with van der Waals surface area (Å²) < 4.78 is 36.5. The number of ketones is 1. The van der Waals surface area contributed by atoms with Crippen LogP contribution in [0.25, 0.3) is 0 Å². The lowest BCUT2D eigenvalue weighted by Crippen LogP contribution is -2.35. The third kappa shape index (κ3) is 2.54. The molecule has 0 amide bonds. The van der Waals surface area contributed by atoms with E-state index >= 15 is 0 Å². The molecule has 1 aromatic carbocycles. The smallest absolute Gasteiger partial charge is 0.181 e. The second kappa shape index (κ2) is 4.56. The summed E-state index contributed by atoms with van der Waals surface area (Å²) in [6.07, 6.45) is 1.68. The molecule has 1 aliphatic rings. The molecular weight excluding hydrogens is 243 g/mol. The van der Waals surface area contributed by atoms with Gasteiger partial charge in [-0.1, -0.05) is 18.6 Å². The topological polar surface area (TPSA) is 51.2 Å². The van der Waals surface area contributed by atoms with E-state index in [0.717, 1.165) is 12.5 Å². The maximum Gasteiger partial charge on any atom is 0.181 e. The van der Waals surface area contributed by atoms with Crippen molar-refractivity contribution >= 4 is 15.6 Å². The van der Waals surface area contributed by atoms with E-state index in [2.05, 4.69) is 0 Å². The van der Waals surface area contributed by atoms with Crippen LogP contribution in [0, 0.1) is 5.82 Å². The van der Waals surface area contributed by atoms with Crippen LogP contribution < -0.4 is 0 Å². The summed E-state index contributed by atoms with van der Waals surface area (Å²) in [6, 6.07) is 5.19. The summed E-state index contributed by atoms with van der Waals surface area (Å²) >= 11 is 0. The molecule has 0 aromatic heterocycles. The first-order valence-corrected chi connectivity index (χ1v) is 7.23. The monoisotopic (exact) mass is 256 g/mol. The van der Waals surface area contributed by atoms with Gasteiger partial charge in [0.1, 0.15) is 11.1 Å². The van der Waals surface area contributed by atoms with Gasteiger partial charge in [-0.25, -0.2) is 12.8 Å². The molecular formula is C12H13FO3S. The molecule has 0 N–H and O–H groups in total. The van der Waals surface area contributed by atoms with E-state index in [-0.39, 0.29) is 11.3 Å². The molecule has 1 aromatic rings. The number of hydrogen-bond acceptors (Lipinski definition) is 3. The van der Waals surface area contributed by atoms with Gasteiger partial charge in [-0.15, -0.1) is 0 Å². The van der Waals surface area contributed by atoms with Gasteiger partial charge in [-0.3, -0.25) is 4.79 Å². The molecule has 1 aliphatic heterocycles. The van der Waals surface area contributed by atoms with Crippen LogP contribution in [0.4, 0.5) is 4.39 Å².